The van der Waals surface area contributed by atoms with E-state index in [0.717, 1.165) is 38.0 Å². The van der Waals surface area contributed by atoms with Crippen molar-refractivity contribution in [3.63, 3.8) is 0 Å². The summed E-state index contributed by atoms with van der Waals surface area (Å²) >= 11 is 0. The first-order chi connectivity index (χ1) is 13.2. The number of nitrogens with zero attached hydrogens (tertiary/aromatic N) is 1. The molecule has 2 heterocycles. The molecule has 1 atom stereocenters. The maximum absolute atomic E-state index is 13.7. The molecule has 0 bridgehead atoms. The lowest BCUT2D eigenvalue weighted by Gasteiger charge is -2.41. The van der Waals surface area contributed by atoms with Crippen molar-refractivity contribution < 1.29 is 9.53 Å². The molecule has 4 nitrogen and oxygen atoms in total. The van der Waals surface area contributed by atoms with E-state index in [1.165, 1.54) is 5.56 Å². The first kappa shape index (κ1) is 17.8. The largest absolute Gasteiger partial charge is 0.496 e. The summed E-state index contributed by atoms with van der Waals surface area (Å²) in [4.78, 5) is 15.7. The van der Waals surface area contributed by atoms with Crippen LogP contribution in [0.3, 0.4) is 0 Å². The van der Waals surface area contributed by atoms with E-state index in [1.807, 2.05) is 41.3 Å². The molecule has 2 aromatic carbocycles. The van der Waals surface area contributed by atoms with E-state index < -0.39 is 0 Å². The Balaban J connectivity index is 1.86. The summed E-state index contributed by atoms with van der Waals surface area (Å²) in [5.41, 5.74) is 2.91. The molecular formula is C23H26N2O2. The molecule has 27 heavy (non-hydrogen) atoms. The lowest BCUT2D eigenvalue weighted by atomic mass is 9.69. The SMILES string of the molecule is C=CC[C@H]1N(C(=O)c2ccccc2OC)c2ccccc2C12CCNCC2. The summed E-state index contributed by atoms with van der Waals surface area (Å²) in [6.45, 7) is 5.93. The number of methoxy groups -OCH3 is 1. The number of rotatable bonds is 4. The monoisotopic (exact) mass is 362 g/mol. The molecule has 140 valence electrons. The maximum Gasteiger partial charge on any atom is 0.262 e. The third-order valence-electron chi connectivity index (χ3n) is 6.09. The standard InChI is InChI=1S/C23H26N2O2/c1-3-8-21-23(13-15-24-16-14-23)18-10-5-6-11-19(18)25(21)22(26)17-9-4-7-12-20(17)27-2/h3-7,9-12,21,24H,1,8,13-16H2,2H3/t21-/m1/s1. The fourth-order valence-corrected chi connectivity index (χ4v) is 4.87. The third kappa shape index (κ3) is 2.76. The van der Waals surface area contributed by atoms with Gasteiger partial charge in [-0.3, -0.25) is 4.79 Å². The van der Waals surface area contributed by atoms with E-state index in [9.17, 15) is 4.79 Å². The van der Waals surface area contributed by atoms with Gasteiger partial charge in [-0.25, -0.2) is 0 Å². The average molecular weight is 362 g/mol. The number of ether oxygens (including phenoxy) is 1. The van der Waals surface area contributed by atoms with Gasteiger partial charge in [0.25, 0.3) is 5.91 Å². The Morgan fingerprint density at radius 2 is 1.93 bits per heavy atom. The molecular weight excluding hydrogens is 336 g/mol. The van der Waals surface area contributed by atoms with Gasteiger partial charge in [0.05, 0.1) is 18.7 Å². The Morgan fingerprint density at radius 3 is 2.67 bits per heavy atom. The third-order valence-corrected chi connectivity index (χ3v) is 6.09. The fraction of sp³-hybridized carbons (Fsp3) is 0.348. The molecule has 1 amide bonds. The predicted molar refractivity (Wildman–Crippen MR) is 109 cm³/mol. The molecule has 0 unspecified atom stereocenters. The number of nitrogens with one attached hydrogen (secondary N) is 1. The van der Waals surface area contributed by atoms with E-state index in [1.54, 1.807) is 7.11 Å². The maximum atomic E-state index is 13.7. The molecule has 0 aromatic heterocycles. The van der Waals surface area contributed by atoms with Gasteiger partial charge in [0.15, 0.2) is 0 Å². The van der Waals surface area contributed by atoms with Crippen LogP contribution in [-0.4, -0.2) is 32.1 Å². The van der Waals surface area contributed by atoms with Crippen LogP contribution < -0.4 is 15.0 Å². The quantitative estimate of drug-likeness (QED) is 0.838. The van der Waals surface area contributed by atoms with E-state index in [-0.39, 0.29) is 17.4 Å². The first-order valence-electron chi connectivity index (χ1n) is 9.60. The van der Waals surface area contributed by atoms with Crippen LogP contribution in [0.5, 0.6) is 5.75 Å². The van der Waals surface area contributed by atoms with Gasteiger partial charge in [-0.1, -0.05) is 36.4 Å². The molecule has 2 aliphatic rings. The lowest BCUT2D eigenvalue weighted by molar-refractivity contribution is 0.0961. The molecule has 2 aromatic rings. The summed E-state index contributed by atoms with van der Waals surface area (Å²) in [7, 11) is 1.61. The van der Waals surface area contributed by atoms with Crippen LogP contribution in [0.2, 0.25) is 0 Å². The first-order valence-corrected chi connectivity index (χ1v) is 9.60. The smallest absolute Gasteiger partial charge is 0.262 e. The summed E-state index contributed by atoms with van der Waals surface area (Å²) in [6, 6.07) is 15.9. The topological polar surface area (TPSA) is 41.6 Å². The fourth-order valence-electron chi connectivity index (χ4n) is 4.87. The minimum Gasteiger partial charge on any atom is -0.496 e. The highest BCUT2D eigenvalue weighted by Gasteiger charge is 2.52. The van der Waals surface area contributed by atoms with Crippen LogP contribution in [0, 0.1) is 0 Å². The minimum atomic E-state index is -0.0201. The van der Waals surface area contributed by atoms with E-state index in [4.69, 9.17) is 4.74 Å². The Kier molecular flexibility index (Phi) is 4.75. The van der Waals surface area contributed by atoms with E-state index in [2.05, 4.69) is 30.1 Å². The van der Waals surface area contributed by atoms with Crippen molar-refractivity contribution in [1.82, 2.24) is 5.32 Å². The average Bonchev–Trinajstić information content (AvgIpc) is 2.98. The highest BCUT2D eigenvalue weighted by molar-refractivity contribution is 6.10. The summed E-state index contributed by atoms with van der Waals surface area (Å²) in [5, 5.41) is 3.47. The van der Waals surface area contributed by atoms with Crippen LogP contribution in [-0.2, 0) is 5.41 Å². The van der Waals surface area contributed by atoms with Gasteiger partial charge in [0.1, 0.15) is 5.75 Å². The lowest BCUT2D eigenvalue weighted by Crippen LogP contribution is -2.51. The minimum absolute atomic E-state index is 0.00200. The van der Waals surface area contributed by atoms with Gasteiger partial charge in [-0.05, 0) is 56.1 Å². The number of carbonyl (C=O) groups excluding carboxylic acids is 1. The van der Waals surface area contributed by atoms with Gasteiger partial charge >= 0.3 is 0 Å². The van der Waals surface area contributed by atoms with Crippen LogP contribution >= 0.6 is 0 Å². The van der Waals surface area contributed by atoms with E-state index >= 15 is 0 Å². The molecule has 4 rings (SSSR count). The van der Waals surface area contributed by atoms with Crippen molar-refractivity contribution in [3.8, 4) is 5.75 Å². The molecule has 4 heteroatoms. The van der Waals surface area contributed by atoms with Gasteiger partial charge in [0, 0.05) is 11.1 Å². The molecule has 0 radical (unpaired) electrons. The van der Waals surface area contributed by atoms with Crippen LogP contribution in [0.15, 0.2) is 61.2 Å². The van der Waals surface area contributed by atoms with Crippen LogP contribution in [0.1, 0.15) is 35.2 Å². The number of fused-ring (bicyclic) bond motifs is 2. The Bertz CT molecular complexity index is 855. The molecule has 2 aliphatic heterocycles. The second kappa shape index (κ2) is 7.20. The molecule has 0 saturated carbocycles. The Morgan fingerprint density at radius 1 is 1.22 bits per heavy atom. The zero-order chi connectivity index (χ0) is 18.9. The second-order valence-corrected chi connectivity index (χ2v) is 7.34. The van der Waals surface area contributed by atoms with Crippen molar-refractivity contribution in [2.75, 3.05) is 25.1 Å². The van der Waals surface area contributed by atoms with Crippen molar-refractivity contribution in [1.29, 1.82) is 0 Å². The number of amides is 1. The predicted octanol–water partition coefficient (Wildman–Crippen LogP) is 3.92. The van der Waals surface area contributed by atoms with Crippen molar-refractivity contribution in [3.05, 3.63) is 72.3 Å². The van der Waals surface area contributed by atoms with Crippen molar-refractivity contribution in [2.45, 2.75) is 30.7 Å². The summed E-state index contributed by atoms with van der Waals surface area (Å²) in [6.07, 6.45) is 4.77. The summed E-state index contributed by atoms with van der Waals surface area (Å²) in [5.74, 6) is 0.616. The van der Waals surface area contributed by atoms with Gasteiger partial charge < -0.3 is 15.0 Å². The van der Waals surface area contributed by atoms with E-state index in [0.29, 0.717) is 11.3 Å². The molecule has 1 saturated heterocycles. The highest BCUT2D eigenvalue weighted by atomic mass is 16.5. The van der Waals surface area contributed by atoms with Gasteiger partial charge in [-0.15, -0.1) is 6.58 Å². The number of hydrogen-bond donors (Lipinski definition) is 1. The van der Waals surface area contributed by atoms with Gasteiger partial charge in [-0.2, -0.15) is 0 Å². The number of piperidine rings is 1. The molecule has 1 N–H and O–H groups in total. The second-order valence-electron chi connectivity index (χ2n) is 7.34. The number of carbonyl (C=O) groups is 1. The number of anilines is 1. The Hall–Kier alpha value is -2.59. The molecule has 0 aliphatic carbocycles. The van der Waals surface area contributed by atoms with Crippen molar-refractivity contribution in [2.24, 2.45) is 0 Å². The van der Waals surface area contributed by atoms with Crippen LogP contribution in [0.4, 0.5) is 5.69 Å². The van der Waals surface area contributed by atoms with Crippen LogP contribution in [0.25, 0.3) is 0 Å². The zero-order valence-electron chi connectivity index (χ0n) is 15.8. The summed E-state index contributed by atoms with van der Waals surface area (Å²) < 4.78 is 5.47. The number of para-hydroxylation sites is 2. The normalized spacial score (nSPS) is 20.3. The number of benzene rings is 2. The molecule has 1 fully saturated rings. The zero-order valence-corrected chi connectivity index (χ0v) is 15.8. The van der Waals surface area contributed by atoms with Gasteiger partial charge in [0.2, 0.25) is 0 Å². The molecule has 1 spiro atoms. The Labute approximate surface area is 160 Å². The van der Waals surface area contributed by atoms with Crippen molar-refractivity contribution >= 4 is 11.6 Å². The highest BCUT2D eigenvalue weighted by Crippen LogP contribution is 2.52. The number of hydrogen-bond acceptors (Lipinski definition) is 3.